The molecule has 1 aromatic heterocycles. The van der Waals surface area contributed by atoms with Crippen molar-refractivity contribution in [2.45, 2.75) is 13.8 Å². The van der Waals surface area contributed by atoms with Crippen LogP contribution in [0.5, 0.6) is 11.5 Å². The second-order valence-electron chi connectivity index (χ2n) is 7.00. The number of anilines is 1. The molecule has 4 aromatic rings. The van der Waals surface area contributed by atoms with Gasteiger partial charge in [-0.15, -0.1) is 10.2 Å². The van der Waals surface area contributed by atoms with Crippen LogP contribution in [0, 0.1) is 13.8 Å². The third kappa shape index (κ3) is 3.16. The van der Waals surface area contributed by atoms with E-state index < -0.39 is 0 Å². The molecule has 0 radical (unpaired) electrons. The molecule has 2 heterocycles. The number of benzene rings is 3. The zero-order chi connectivity index (χ0) is 20.0. The Morgan fingerprint density at radius 1 is 0.931 bits per heavy atom. The highest BCUT2D eigenvalue weighted by molar-refractivity contribution is 6.05. The number of carbonyl (C=O) groups excluding carboxylic acids is 1. The molecule has 0 fully saturated rings. The number of aryl methyl sites for hydroxylation is 2. The second kappa shape index (κ2) is 6.63. The molecule has 0 aliphatic carbocycles. The van der Waals surface area contributed by atoms with E-state index >= 15 is 0 Å². The largest absolute Gasteiger partial charge is 0.454 e. The van der Waals surface area contributed by atoms with Gasteiger partial charge in [-0.05, 0) is 61.9 Å². The van der Waals surface area contributed by atoms with E-state index in [1.165, 1.54) is 5.56 Å². The fourth-order valence-electron chi connectivity index (χ4n) is 3.23. The lowest BCUT2D eigenvalue weighted by Gasteiger charge is -2.08. The van der Waals surface area contributed by atoms with E-state index in [4.69, 9.17) is 9.47 Å². The molecule has 7 nitrogen and oxygen atoms in total. The van der Waals surface area contributed by atoms with Crippen LogP contribution in [-0.4, -0.2) is 27.7 Å². The Morgan fingerprint density at radius 3 is 2.45 bits per heavy atom. The number of amides is 1. The molecule has 3 aromatic carbocycles. The zero-order valence-electron chi connectivity index (χ0n) is 16.0. The summed E-state index contributed by atoms with van der Waals surface area (Å²) in [5.41, 5.74) is 5.63. The number of aromatic nitrogens is 3. The summed E-state index contributed by atoms with van der Waals surface area (Å²) in [5, 5.41) is 12.1. The minimum atomic E-state index is -0.225. The molecule has 1 N–H and O–H groups in total. The molecule has 0 atom stereocenters. The van der Waals surface area contributed by atoms with Crippen molar-refractivity contribution in [3.63, 3.8) is 0 Å². The van der Waals surface area contributed by atoms with Gasteiger partial charge in [0.05, 0.1) is 5.69 Å². The van der Waals surface area contributed by atoms with Crippen LogP contribution >= 0.6 is 0 Å². The summed E-state index contributed by atoms with van der Waals surface area (Å²) in [7, 11) is 0. The zero-order valence-corrected chi connectivity index (χ0v) is 16.0. The number of carbonyl (C=O) groups is 1. The lowest BCUT2D eigenvalue weighted by molar-refractivity contribution is 0.102. The normalized spacial score (nSPS) is 12.3. The summed E-state index contributed by atoms with van der Waals surface area (Å²) >= 11 is 0. The Morgan fingerprint density at radius 2 is 1.66 bits per heavy atom. The first-order valence-electron chi connectivity index (χ1n) is 9.22. The van der Waals surface area contributed by atoms with Gasteiger partial charge in [0.2, 0.25) is 6.79 Å². The van der Waals surface area contributed by atoms with Crippen molar-refractivity contribution in [1.29, 1.82) is 0 Å². The van der Waals surface area contributed by atoms with Crippen molar-refractivity contribution >= 4 is 22.6 Å². The van der Waals surface area contributed by atoms with E-state index in [-0.39, 0.29) is 12.7 Å². The quantitative estimate of drug-likeness (QED) is 0.575. The Kier molecular flexibility index (Phi) is 3.94. The molecule has 1 aliphatic heterocycles. The smallest absolute Gasteiger partial charge is 0.255 e. The van der Waals surface area contributed by atoms with Crippen molar-refractivity contribution in [2.75, 3.05) is 12.1 Å². The molecule has 144 valence electrons. The third-order valence-electron chi connectivity index (χ3n) is 4.87. The van der Waals surface area contributed by atoms with Gasteiger partial charge in [0.1, 0.15) is 11.0 Å². The lowest BCUT2D eigenvalue weighted by Crippen LogP contribution is -2.12. The van der Waals surface area contributed by atoms with Gasteiger partial charge in [-0.25, -0.2) is 0 Å². The molecular formula is C22H18N4O3. The third-order valence-corrected chi connectivity index (χ3v) is 4.87. The average molecular weight is 386 g/mol. The van der Waals surface area contributed by atoms with Gasteiger partial charge < -0.3 is 14.8 Å². The van der Waals surface area contributed by atoms with Crippen LogP contribution in [0.3, 0.4) is 0 Å². The summed E-state index contributed by atoms with van der Waals surface area (Å²) in [6.07, 6.45) is 0. The van der Waals surface area contributed by atoms with Crippen LogP contribution in [-0.2, 0) is 0 Å². The predicted octanol–water partition coefficient (Wildman–Crippen LogP) is 4.02. The van der Waals surface area contributed by atoms with Crippen molar-refractivity contribution in [3.8, 4) is 17.2 Å². The molecule has 1 aliphatic rings. The van der Waals surface area contributed by atoms with Gasteiger partial charge >= 0.3 is 0 Å². The monoisotopic (exact) mass is 386 g/mol. The first-order valence-corrected chi connectivity index (χ1v) is 9.22. The van der Waals surface area contributed by atoms with E-state index in [1.54, 1.807) is 23.0 Å². The summed E-state index contributed by atoms with van der Waals surface area (Å²) in [6.45, 7) is 4.14. The van der Waals surface area contributed by atoms with Gasteiger partial charge in [0, 0.05) is 11.3 Å². The number of nitrogens with one attached hydrogen (secondary N) is 1. The first kappa shape index (κ1) is 17.2. The molecule has 7 heteroatoms. The number of nitrogens with zero attached hydrogens (tertiary/aromatic N) is 3. The van der Waals surface area contributed by atoms with E-state index in [2.05, 4.69) is 15.5 Å². The minimum absolute atomic E-state index is 0.173. The maximum Gasteiger partial charge on any atom is 0.255 e. The number of hydrogen-bond donors (Lipinski definition) is 1. The standard InChI is InChI=1S/C22H18N4O3/c1-13-3-6-16(7-4-13)26-24-18-9-14(2)17(11-19(18)25-26)23-22(27)15-5-8-20-21(10-15)29-12-28-20/h3-11H,12H2,1-2H3,(H,23,27). The van der Waals surface area contributed by atoms with E-state index in [1.807, 2.05) is 50.2 Å². The fraction of sp³-hybridized carbons (Fsp3) is 0.136. The van der Waals surface area contributed by atoms with Gasteiger partial charge in [-0.2, -0.15) is 4.80 Å². The number of hydrogen-bond acceptors (Lipinski definition) is 5. The van der Waals surface area contributed by atoms with Crippen molar-refractivity contribution < 1.29 is 14.3 Å². The van der Waals surface area contributed by atoms with Crippen molar-refractivity contribution in [3.05, 3.63) is 71.3 Å². The molecule has 0 saturated carbocycles. The Bertz CT molecular complexity index is 1250. The van der Waals surface area contributed by atoms with Crippen LogP contribution in [0.15, 0.2) is 54.6 Å². The first-order chi connectivity index (χ1) is 14.1. The van der Waals surface area contributed by atoms with Crippen molar-refractivity contribution in [1.82, 2.24) is 15.0 Å². The van der Waals surface area contributed by atoms with Crippen LogP contribution in [0.1, 0.15) is 21.5 Å². The van der Waals surface area contributed by atoms with Gasteiger partial charge in [-0.3, -0.25) is 4.79 Å². The molecule has 1 amide bonds. The molecular weight excluding hydrogens is 368 g/mol. The topological polar surface area (TPSA) is 78.3 Å². The number of ether oxygens (including phenoxy) is 2. The summed E-state index contributed by atoms with van der Waals surface area (Å²) in [6, 6.07) is 16.9. The van der Waals surface area contributed by atoms with E-state index in [9.17, 15) is 4.79 Å². The predicted molar refractivity (Wildman–Crippen MR) is 109 cm³/mol. The Balaban J connectivity index is 1.44. The Hall–Kier alpha value is -3.87. The summed E-state index contributed by atoms with van der Waals surface area (Å²) in [5.74, 6) is 0.995. The average Bonchev–Trinajstić information content (AvgIpc) is 3.34. The minimum Gasteiger partial charge on any atom is -0.454 e. The van der Waals surface area contributed by atoms with E-state index in [0.717, 1.165) is 16.8 Å². The Labute approximate surface area is 166 Å². The number of fused-ring (bicyclic) bond motifs is 2. The highest BCUT2D eigenvalue weighted by atomic mass is 16.7. The van der Waals surface area contributed by atoms with Gasteiger partial charge in [-0.1, -0.05) is 17.7 Å². The maximum atomic E-state index is 12.7. The van der Waals surface area contributed by atoms with Crippen LogP contribution in [0.25, 0.3) is 16.7 Å². The SMILES string of the molecule is Cc1ccc(-n2nc3cc(C)c(NC(=O)c4ccc5c(c4)OCO5)cc3n2)cc1. The number of rotatable bonds is 3. The van der Waals surface area contributed by atoms with E-state index in [0.29, 0.717) is 28.3 Å². The van der Waals surface area contributed by atoms with Crippen LogP contribution in [0.4, 0.5) is 5.69 Å². The highest BCUT2D eigenvalue weighted by Crippen LogP contribution is 2.33. The molecule has 0 bridgehead atoms. The molecule has 29 heavy (non-hydrogen) atoms. The van der Waals surface area contributed by atoms with Gasteiger partial charge in [0.25, 0.3) is 5.91 Å². The molecule has 0 spiro atoms. The fourth-order valence-corrected chi connectivity index (χ4v) is 3.23. The molecule has 0 unspecified atom stereocenters. The summed E-state index contributed by atoms with van der Waals surface area (Å²) < 4.78 is 10.6. The molecule has 0 saturated heterocycles. The van der Waals surface area contributed by atoms with Crippen LogP contribution < -0.4 is 14.8 Å². The lowest BCUT2D eigenvalue weighted by atomic mass is 10.1. The summed E-state index contributed by atoms with van der Waals surface area (Å²) in [4.78, 5) is 14.3. The van der Waals surface area contributed by atoms with Gasteiger partial charge in [0.15, 0.2) is 11.5 Å². The maximum absolute atomic E-state index is 12.7. The second-order valence-corrected chi connectivity index (χ2v) is 7.00. The van der Waals surface area contributed by atoms with Crippen LogP contribution in [0.2, 0.25) is 0 Å². The van der Waals surface area contributed by atoms with Crippen molar-refractivity contribution in [2.24, 2.45) is 0 Å². The molecule has 5 rings (SSSR count). The highest BCUT2D eigenvalue weighted by Gasteiger charge is 2.17.